The van der Waals surface area contributed by atoms with Gasteiger partial charge in [-0.15, -0.1) is 0 Å². The molecule has 0 spiro atoms. The maximum Gasteiger partial charge on any atom is 3.00 e. The molecule has 4 nitrogen and oxygen atoms in total. The van der Waals surface area contributed by atoms with E-state index in [1.165, 1.54) is 0 Å². The second-order valence-electron chi connectivity index (χ2n) is 0. The van der Waals surface area contributed by atoms with Crippen molar-refractivity contribution in [3.05, 3.63) is 0 Å². The number of hydrogen-bond donors (Lipinski definition) is 0. The van der Waals surface area contributed by atoms with Crippen molar-refractivity contribution >= 4 is 55.1 Å². The quantitative estimate of drug-likeness (QED) is 0.422. The Bertz CT molecular complexity index is 11.7. The summed E-state index contributed by atoms with van der Waals surface area (Å²) in [4.78, 5) is 0. The van der Waals surface area contributed by atoms with E-state index in [2.05, 4.69) is 0 Å². The zero-order chi connectivity index (χ0) is 0. The van der Waals surface area contributed by atoms with E-state index in [1.54, 1.807) is 0 Å². The van der Waals surface area contributed by atoms with Gasteiger partial charge in [0.15, 0.2) is 0 Å². The Kier molecular flexibility index (Phi) is 1690. The molecule has 0 bridgehead atoms. The fourth-order valence-electron chi connectivity index (χ4n) is 0. The molecule has 1 radical (unpaired) electrons. The molecule has 0 atom stereocenters. The number of hydrogen-bond acceptors (Lipinski definition) is 0. The van der Waals surface area contributed by atoms with E-state index < -0.39 is 0 Å². The molecule has 0 saturated heterocycles. The summed E-state index contributed by atoms with van der Waals surface area (Å²) in [6.07, 6.45) is 0. The molecule has 37 valence electrons. The van der Waals surface area contributed by atoms with Gasteiger partial charge in [-0.2, -0.15) is 0 Å². The molecule has 0 fully saturated rings. The summed E-state index contributed by atoms with van der Waals surface area (Å²) < 4.78 is 0. The molecular formula is AlCaFeO4. The number of rotatable bonds is 0. The molecule has 7 heavy (non-hydrogen) atoms. The van der Waals surface area contributed by atoms with Crippen molar-refractivity contribution in [2.45, 2.75) is 0 Å². The molecule has 0 rings (SSSR count). The summed E-state index contributed by atoms with van der Waals surface area (Å²) in [5.41, 5.74) is 0. The molecule has 0 amide bonds. The standard InChI is InChI=1S/Al.Ca.Fe.4O/q+3;+2;+3;4*-2. The van der Waals surface area contributed by atoms with E-state index in [-0.39, 0.29) is 94.1 Å². The van der Waals surface area contributed by atoms with Gasteiger partial charge in [-0.3, -0.25) is 0 Å². The minimum Gasteiger partial charge on any atom is -2.00 e. The third kappa shape index (κ3) is 66.6. The molecule has 0 N–H and O–H groups in total. The average molecular weight is 187 g/mol. The maximum absolute atomic E-state index is 0. The van der Waals surface area contributed by atoms with Gasteiger partial charge in [0, 0.05) is 0 Å². The van der Waals surface area contributed by atoms with Gasteiger partial charge in [-0.05, 0) is 0 Å². The molecule has 0 aliphatic heterocycles. The van der Waals surface area contributed by atoms with Crippen LogP contribution in [0, 0.1) is 0 Å². The topological polar surface area (TPSA) is 114 Å². The van der Waals surface area contributed by atoms with Crippen LogP contribution >= 0.6 is 0 Å². The summed E-state index contributed by atoms with van der Waals surface area (Å²) in [5.74, 6) is 0. The smallest absolute Gasteiger partial charge is 2.00 e. The van der Waals surface area contributed by atoms with Gasteiger partial charge in [0.2, 0.25) is 0 Å². The zero-order valence-corrected chi connectivity index (χ0v) is 7.74. The first-order chi connectivity index (χ1) is 0. The average Bonchev–Trinajstić information content (AvgIpc) is 0. The van der Waals surface area contributed by atoms with Gasteiger partial charge in [0.25, 0.3) is 0 Å². The third-order valence-electron chi connectivity index (χ3n) is 0. The van der Waals surface area contributed by atoms with Crippen molar-refractivity contribution in [3.63, 3.8) is 0 Å². The molecule has 0 aliphatic rings. The van der Waals surface area contributed by atoms with Gasteiger partial charge < -0.3 is 21.9 Å². The Morgan fingerprint density at radius 3 is 0.571 bits per heavy atom. The van der Waals surface area contributed by atoms with E-state index >= 15 is 0 Å². The van der Waals surface area contributed by atoms with Gasteiger partial charge in [-0.1, -0.05) is 0 Å². The van der Waals surface area contributed by atoms with Crippen LogP contribution in [0.4, 0.5) is 0 Å². The van der Waals surface area contributed by atoms with Crippen LogP contribution < -0.4 is 0 Å². The van der Waals surface area contributed by atoms with E-state index in [4.69, 9.17) is 0 Å². The van der Waals surface area contributed by atoms with E-state index in [9.17, 15) is 0 Å². The van der Waals surface area contributed by atoms with Gasteiger partial charge in [0.05, 0.1) is 0 Å². The zero-order valence-electron chi connectivity index (χ0n) is 3.27. The molecular weight excluding hydrogens is 187 g/mol. The predicted molar refractivity (Wildman–Crippen MR) is 14.3 cm³/mol. The monoisotopic (exact) mass is 187 g/mol. The second-order valence-corrected chi connectivity index (χ2v) is 0. The fraction of sp³-hybridized carbons (Fsp3) is 0. The third-order valence-corrected chi connectivity index (χ3v) is 0. The van der Waals surface area contributed by atoms with Crippen LogP contribution in [0.5, 0.6) is 0 Å². The summed E-state index contributed by atoms with van der Waals surface area (Å²) in [6, 6.07) is 0. The minimum atomic E-state index is 0. The summed E-state index contributed by atoms with van der Waals surface area (Å²) in [6.45, 7) is 0. The second kappa shape index (κ2) is 90.1. The Hall–Kier alpha value is 2.15. The Labute approximate surface area is 92.9 Å². The summed E-state index contributed by atoms with van der Waals surface area (Å²) in [5, 5.41) is 0. The first-order valence-electron chi connectivity index (χ1n) is 0. The van der Waals surface area contributed by atoms with Crippen molar-refractivity contribution in [1.29, 1.82) is 0 Å². The normalized spacial score (nSPS) is 0. The molecule has 0 unspecified atom stereocenters. The Balaban J connectivity index is 0. The van der Waals surface area contributed by atoms with Crippen molar-refractivity contribution < 1.29 is 39.0 Å². The van der Waals surface area contributed by atoms with Crippen molar-refractivity contribution in [2.24, 2.45) is 0 Å². The van der Waals surface area contributed by atoms with Crippen LogP contribution in [0.15, 0.2) is 0 Å². The van der Waals surface area contributed by atoms with Gasteiger partial charge >= 0.3 is 72.2 Å². The maximum atomic E-state index is 0. The SMILES string of the molecule is [Al+3].[Ca+2].[Fe+3].[O-2].[O-2].[O-2].[O-2]. The van der Waals surface area contributed by atoms with Crippen molar-refractivity contribution in [3.8, 4) is 0 Å². The Morgan fingerprint density at radius 2 is 0.571 bits per heavy atom. The van der Waals surface area contributed by atoms with Crippen LogP contribution in [0.1, 0.15) is 0 Å². The molecule has 0 aliphatic carbocycles. The van der Waals surface area contributed by atoms with Crippen LogP contribution in [-0.2, 0) is 39.0 Å². The fourth-order valence-corrected chi connectivity index (χ4v) is 0. The first-order valence-corrected chi connectivity index (χ1v) is 0. The van der Waals surface area contributed by atoms with Crippen LogP contribution in [-0.4, -0.2) is 55.1 Å². The van der Waals surface area contributed by atoms with Crippen LogP contribution in [0.2, 0.25) is 0 Å². The summed E-state index contributed by atoms with van der Waals surface area (Å²) >= 11 is 0. The van der Waals surface area contributed by atoms with E-state index in [0.29, 0.717) is 0 Å². The molecule has 0 aromatic rings. The van der Waals surface area contributed by atoms with Crippen LogP contribution in [0.3, 0.4) is 0 Å². The molecule has 7 heteroatoms. The molecule has 0 heterocycles. The van der Waals surface area contributed by atoms with Crippen molar-refractivity contribution in [2.75, 3.05) is 0 Å². The van der Waals surface area contributed by atoms with Gasteiger partial charge in [0.1, 0.15) is 0 Å². The van der Waals surface area contributed by atoms with Gasteiger partial charge in [-0.25, -0.2) is 0 Å². The largest absolute Gasteiger partial charge is 3.00 e. The molecule has 0 aromatic carbocycles. The Morgan fingerprint density at radius 1 is 0.571 bits per heavy atom. The van der Waals surface area contributed by atoms with E-state index in [0.717, 1.165) is 0 Å². The summed E-state index contributed by atoms with van der Waals surface area (Å²) in [7, 11) is 0. The first kappa shape index (κ1) is 131. The minimum absolute atomic E-state index is 0. The van der Waals surface area contributed by atoms with E-state index in [1.807, 2.05) is 0 Å². The molecule has 0 aromatic heterocycles. The predicted octanol–water partition coefficient (Wildman–Crippen LogP) is -1.24. The molecule has 0 saturated carbocycles. The van der Waals surface area contributed by atoms with Crippen molar-refractivity contribution in [1.82, 2.24) is 0 Å². The van der Waals surface area contributed by atoms with Crippen LogP contribution in [0.25, 0.3) is 0 Å².